The van der Waals surface area contributed by atoms with E-state index in [1.165, 1.54) is 26.6 Å². The van der Waals surface area contributed by atoms with Crippen LogP contribution in [0.5, 0.6) is 0 Å². The van der Waals surface area contributed by atoms with Crippen LogP contribution in [0.15, 0.2) is 46.9 Å². The molecule has 0 radical (unpaired) electrons. The average molecular weight is 344 g/mol. The molecule has 25 heavy (non-hydrogen) atoms. The first-order valence-electron chi connectivity index (χ1n) is 8.71. The van der Waals surface area contributed by atoms with Gasteiger partial charge in [-0.3, -0.25) is 0 Å². The molecule has 2 aromatic heterocycles. The molecule has 1 nitrogen and oxygen atoms in total. The predicted octanol–water partition coefficient (Wildman–Crippen LogP) is 2.63. The summed E-state index contributed by atoms with van der Waals surface area (Å²) in [6, 6.07) is 14.3. The summed E-state index contributed by atoms with van der Waals surface area (Å²) >= 11 is 1.81. The van der Waals surface area contributed by atoms with Gasteiger partial charge in [0.1, 0.15) is 11.2 Å². The minimum atomic E-state index is 0.633. The molecule has 0 saturated heterocycles. The Morgan fingerprint density at radius 2 is 1.64 bits per heavy atom. The Morgan fingerprint density at radius 3 is 2.36 bits per heavy atom. The van der Waals surface area contributed by atoms with Crippen molar-refractivity contribution in [2.45, 2.75) is 20.6 Å². The van der Waals surface area contributed by atoms with Gasteiger partial charge in [-0.05, 0) is 35.2 Å². The molecule has 0 bridgehead atoms. The molecule has 0 fully saturated rings. The summed E-state index contributed by atoms with van der Waals surface area (Å²) in [6.07, 6.45) is 0. The zero-order valence-electron chi connectivity index (χ0n) is 15.2. The van der Waals surface area contributed by atoms with Crippen molar-refractivity contribution in [1.29, 1.82) is 0 Å². The Balaban J connectivity index is 2.42. The standard InChI is InChI=1S/C21H22B2OS/c1-13-8-6-7-9-14(2)24-18(12-13)20-15(3)19-16(22-4)10-11-17(23-5)21(19)25-20/h6-12,22-23H,1-2H2,3-5H3. The highest BCUT2D eigenvalue weighted by atomic mass is 32.1. The van der Waals surface area contributed by atoms with Gasteiger partial charge in [-0.15, -0.1) is 11.3 Å². The minimum absolute atomic E-state index is 0.633. The first-order valence-corrected chi connectivity index (χ1v) is 9.53. The Bertz CT molecular complexity index is 1040. The van der Waals surface area contributed by atoms with Crippen LogP contribution in [0, 0.1) is 6.92 Å². The lowest BCUT2D eigenvalue weighted by Gasteiger charge is -2.04. The molecule has 0 spiro atoms. The SMILES string of the molecule is C=c1ccccc(=C)oc(-c2sc3c(BC)ccc(BC)c3c2C)c1. The number of fused-ring (bicyclic) bond motifs is 1. The van der Waals surface area contributed by atoms with E-state index in [1.54, 1.807) is 0 Å². The second-order valence-electron chi connectivity index (χ2n) is 6.22. The molecular formula is C21H22B2OS. The lowest BCUT2D eigenvalue weighted by Crippen LogP contribution is -2.19. The maximum atomic E-state index is 6.07. The van der Waals surface area contributed by atoms with Gasteiger partial charge in [0.25, 0.3) is 0 Å². The normalized spacial score (nSPS) is 10.5. The molecule has 0 aliphatic rings. The van der Waals surface area contributed by atoms with E-state index < -0.39 is 0 Å². The average Bonchev–Trinajstić information content (AvgIpc) is 2.97. The topological polar surface area (TPSA) is 13.1 Å². The third kappa shape index (κ3) is 3.45. The predicted molar refractivity (Wildman–Crippen MR) is 117 cm³/mol. The number of aryl methyl sites for hydroxylation is 1. The van der Waals surface area contributed by atoms with Crippen molar-refractivity contribution in [2.24, 2.45) is 0 Å². The van der Waals surface area contributed by atoms with E-state index >= 15 is 0 Å². The summed E-state index contributed by atoms with van der Waals surface area (Å²) in [7, 11) is 2.06. The molecule has 3 aromatic rings. The molecule has 1 aromatic carbocycles. The number of rotatable bonds is 3. The first-order chi connectivity index (χ1) is 12.0. The molecule has 3 rings (SSSR count). The van der Waals surface area contributed by atoms with Crippen LogP contribution in [-0.4, -0.2) is 14.6 Å². The monoisotopic (exact) mass is 344 g/mol. The lowest BCUT2D eigenvalue weighted by atomic mass is 9.67. The van der Waals surface area contributed by atoms with Crippen LogP contribution in [0.2, 0.25) is 13.6 Å². The van der Waals surface area contributed by atoms with Gasteiger partial charge in [0.2, 0.25) is 0 Å². The molecule has 0 amide bonds. The molecule has 0 saturated carbocycles. The first kappa shape index (κ1) is 17.6. The van der Waals surface area contributed by atoms with Crippen molar-refractivity contribution in [3.8, 4) is 10.6 Å². The fourth-order valence-corrected chi connectivity index (χ4v) is 4.56. The minimum Gasteiger partial charge on any atom is -0.456 e. The summed E-state index contributed by atoms with van der Waals surface area (Å²) in [5.74, 6) is 0.828. The summed E-state index contributed by atoms with van der Waals surface area (Å²) < 4.78 is 7.45. The Kier molecular flexibility index (Phi) is 5.19. The second-order valence-corrected chi connectivity index (χ2v) is 7.24. The summed E-state index contributed by atoms with van der Waals surface area (Å²) in [5.41, 5.74) is 4.71. The van der Waals surface area contributed by atoms with Crippen LogP contribution >= 0.6 is 11.3 Å². The van der Waals surface area contributed by atoms with Crippen molar-refractivity contribution in [1.82, 2.24) is 0 Å². The fraction of sp³-hybridized carbons (Fsp3) is 0.143. The van der Waals surface area contributed by atoms with Gasteiger partial charge in [-0.2, -0.15) is 0 Å². The van der Waals surface area contributed by atoms with Crippen LogP contribution in [0.4, 0.5) is 0 Å². The fourth-order valence-electron chi connectivity index (χ4n) is 3.17. The molecule has 0 N–H and O–H groups in total. The van der Waals surface area contributed by atoms with Crippen molar-refractivity contribution < 1.29 is 4.42 Å². The lowest BCUT2D eigenvalue weighted by molar-refractivity contribution is 0.537. The van der Waals surface area contributed by atoms with E-state index in [9.17, 15) is 0 Å². The largest absolute Gasteiger partial charge is 0.456 e. The van der Waals surface area contributed by atoms with Crippen LogP contribution in [0.25, 0.3) is 33.9 Å². The molecule has 0 atom stereocenters. The summed E-state index contributed by atoms with van der Waals surface area (Å²) in [5, 5.41) is 2.30. The van der Waals surface area contributed by atoms with E-state index in [0.717, 1.165) is 30.4 Å². The number of hydrogen-bond acceptors (Lipinski definition) is 2. The van der Waals surface area contributed by atoms with Crippen LogP contribution in [-0.2, 0) is 0 Å². The van der Waals surface area contributed by atoms with E-state index in [2.05, 4.69) is 45.9 Å². The molecular weight excluding hydrogens is 322 g/mol. The van der Waals surface area contributed by atoms with Gasteiger partial charge in [-0.1, -0.05) is 68.1 Å². The molecule has 124 valence electrons. The molecule has 4 heteroatoms. The Labute approximate surface area is 154 Å². The number of benzene rings is 1. The summed E-state index contributed by atoms with van der Waals surface area (Å²) in [4.78, 5) is 1.16. The maximum Gasteiger partial charge on any atom is 0.156 e. The highest BCUT2D eigenvalue weighted by molar-refractivity contribution is 7.24. The van der Waals surface area contributed by atoms with E-state index in [0.29, 0.717) is 5.42 Å². The zero-order chi connectivity index (χ0) is 18.0. The van der Waals surface area contributed by atoms with Crippen molar-refractivity contribution in [3.05, 3.63) is 58.7 Å². The van der Waals surface area contributed by atoms with Gasteiger partial charge in [0, 0.05) is 4.70 Å². The number of hydrogen-bond donors (Lipinski definition) is 0. The van der Waals surface area contributed by atoms with Crippen molar-refractivity contribution in [2.75, 3.05) is 0 Å². The smallest absolute Gasteiger partial charge is 0.156 e. The third-order valence-corrected chi connectivity index (χ3v) is 5.87. The van der Waals surface area contributed by atoms with Gasteiger partial charge in [0.05, 0.1) is 4.88 Å². The van der Waals surface area contributed by atoms with E-state index in [4.69, 9.17) is 4.42 Å². The van der Waals surface area contributed by atoms with Crippen LogP contribution in [0.3, 0.4) is 0 Å². The van der Waals surface area contributed by atoms with Gasteiger partial charge in [-0.25, -0.2) is 0 Å². The van der Waals surface area contributed by atoms with Gasteiger partial charge < -0.3 is 4.42 Å². The van der Waals surface area contributed by atoms with E-state index in [-0.39, 0.29) is 0 Å². The molecule has 0 aliphatic heterocycles. The molecule has 2 heterocycles. The van der Waals surface area contributed by atoms with Crippen LogP contribution in [0.1, 0.15) is 5.56 Å². The maximum absolute atomic E-state index is 6.07. The zero-order valence-corrected chi connectivity index (χ0v) is 16.0. The van der Waals surface area contributed by atoms with Crippen molar-refractivity contribution >= 4 is 60.1 Å². The highest BCUT2D eigenvalue weighted by Crippen LogP contribution is 2.35. The Morgan fingerprint density at radius 1 is 0.960 bits per heavy atom. The third-order valence-electron chi connectivity index (χ3n) is 4.49. The number of thiophene rings is 1. The second kappa shape index (κ2) is 7.37. The summed E-state index contributed by atoms with van der Waals surface area (Å²) in [6.45, 7) is 14.7. The van der Waals surface area contributed by atoms with E-state index in [1.807, 2.05) is 41.7 Å². The van der Waals surface area contributed by atoms with Crippen molar-refractivity contribution in [3.63, 3.8) is 0 Å². The van der Waals surface area contributed by atoms with Crippen LogP contribution < -0.4 is 21.6 Å². The van der Waals surface area contributed by atoms with Gasteiger partial charge >= 0.3 is 0 Å². The highest BCUT2D eigenvalue weighted by Gasteiger charge is 2.16. The van der Waals surface area contributed by atoms with Gasteiger partial charge in [0.15, 0.2) is 14.6 Å². The Hall–Kier alpha value is -2.19. The molecule has 0 aliphatic carbocycles. The molecule has 0 unspecified atom stereocenters. The quantitative estimate of drug-likeness (QED) is 0.666.